The minimum Gasteiger partial charge on any atom is -0.322 e. The summed E-state index contributed by atoms with van der Waals surface area (Å²) in [5.41, 5.74) is 5.32. The van der Waals surface area contributed by atoms with E-state index >= 15 is 0 Å². The number of nitrogens with zero attached hydrogens (tertiary/aromatic N) is 1. The average Bonchev–Trinajstić information content (AvgIpc) is 3.10. The molecule has 1 aliphatic rings. The van der Waals surface area contributed by atoms with Gasteiger partial charge in [0.05, 0.1) is 5.75 Å². The molecule has 1 fully saturated rings. The summed E-state index contributed by atoms with van der Waals surface area (Å²) in [5.74, 6) is 0.407. The van der Waals surface area contributed by atoms with Gasteiger partial charge in [0.25, 0.3) is 5.91 Å². The van der Waals surface area contributed by atoms with E-state index in [0.717, 1.165) is 28.1 Å². The van der Waals surface area contributed by atoms with Crippen LogP contribution in [0.25, 0.3) is 0 Å². The fourth-order valence-electron chi connectivity index (χ4n) is 3.52. The molecule has 0 aliphatic carbocycles. The number of aryl methyl sites for hydroxylation is 2. The Kier molecular flexibility index (Phi) is 5.41. The van der Waals surface area contributed by atoms with Gasteiger partial charge in [0, 0.05) is 16.9 Å². The summed E-state index contributed by atoms with van der Waals surface area (Å²) in [7, 11) is 0. The zero-order valence-corrected chi connectivity index (χ0v) is 17.2. The molecule has 0 saturated carbocycles. The highest BCUT2D eigenvalue weighted by molar-refractivity contribution is 8.00. The first kappa shape index (κ1) is 19.3. The van der Waals surface area contributed by atoms with Gasteiger partial charge in [-0.2, -0.15) is 0 Å². The second-order valence-electron chi connectivity index (χ2n) is 7.16. The average molecular weight is 403 g/mol. The summed E-state index contributed by atoms with van der Waals surface area (Å²) >= 11 is 1.60. The summed E-state index contributed by atoms with van der Waals surface area (Å²) < 4.78 is 0. The van der Waals surface area contributed by atoms with E-state index in [1.807, 2.05) is 91.5 Å². The molecule has 2 amide bonds. The maximum Gasteiger partial charge on any atom is 0.255 e. The van der Waals surface area contributed by atoms with Gasteiger partial charge < -0.3 is 5.32 Å². The van der Waals surface area contributed by atoms with E-state index in [2.05, 4.69) is 5.32 Å². The molecule has 0 aromatic heterocycles. The van der Waals surface area contributed by atoms with E-state index in [0.29, 0.717) is 11.3 Å². The number of thioether (sulfide) groups is 1. The summed E-state index contributed by atoms with van der Waals surface area (Å²) in [4.78, 5) is 27.1. The van der Waals surface area contributed by atoms with E-state index in [1.54, 1.807) is 11.8 Å². The van der Waals surface area contributed by atoms with Crippen molar-refractivity contribution < 1.29 is 9.59 Å². The maximum absolute atomic E-state index is 12.7. The van der Waals surface area contributed by atoms with Gasteiger partial charge in [-0.15, -0.1) is 11.8 Å². The second-order valence-corrected chi connectivity index (χ2v) is 8.23. The van der Waals surface area contributed by atoms with Crippen LogP contribution in [0.3, 0.4) is 0 Å². The zero-order valence-electron chi connectivity index (χ0n) is 16.4. The van der Waals surface area contributed by atoms with Crippen LogP contribution in [0.4, 0.5) is 11.4 Å². The molecule has 0 radical (unpaired) electrons. The van der Waals surface area contributed by atoms with Crippen LogP contribution in [0.5, 0.6) is 0 Å². The van der Waals surface area contributed by atoms with Crippen molar-refractivity contribution in [1.29, 1.82) is 0 Å². The van der Waals surface area contributed by atoms with E-state index in [1.165, 1.54) is 0 Å². The van der Waals surface area contributed by atoms with E-state index < -0.39 is 0 Å². The number of carbonyl (C=O) groups excluding carboxylic acids is 2. The molecule has 3 aromatic carbocycles. The van der Waals surface area contributed by atoms with E-state index in [4.69, 9.17) is 0 Å². The molecule has 1 aliphatic heterocycles. The SMILES string of the molecule is Cc1cccc(N2C(=O)CS[C@H]2c2cccc(NC(=O)c3ccccc3C)c2)c1. The second kappa shape index (κ2) is 8.13. The maximum atomic E-state index is 12.7. The highest BCUT2D eigenvalue weighted by atomic mass is 32.2. The van der Waals surface area contributed by atoms with Crippen molar-refractivity contribution in [2.75, 3.05) is 16.0 Å². The predicted octanol–water partition coefficient (Wildman–Crippen LogP) is 5.33. The van der Waals surface area contributed by atoms with Crippen molar-refractivity contribution in [2.24, 2.45) is 0 Å². The standard InChI is InChI=1S/C24H22N2O2S/c1-16-7-5-11-20(13-16)26-22(27)15-29-24(26)18-9-6-10-19(14-18)25-23(28)21-12-4-3-8-17(21)2/h3-14,24H,15H2,1-2H3,(H,25,28)/t24-/m0/s1. The number of carbonyl (C=O) groups is 2. The van der Waals surface area contributed by atoms with Crippen molar-refractivity contribution in [3.05, 3.63) is 95.1 Å². The third-order valence-electron chi connectivity index (χ3n) is 4.97. The molecule has 1 N–H and O–H groups in total. The molecule has 146 valence electrons. The number of nitrogens with one attached hydrogen (secondary N) is 1. The predicted molar refractivity (Wildman–Crippen MR) is 119 cm³/mol. The van der Waals surface area contributed by atoms with E-state index in [-0.39, 0.29) is 17.2 Å². The highest BCUT2D eigenvalue weighted by Crippen LogP contribution is 2.42. The van der Waals surface area contributed by atoms with Crippen LogP contribution in [0.15, 0.2) is 72.8 Å². The fourth-order valence-corrected chi connectivity index (χ4v) is 4.69. The van der Waals surface area contributed by atoms with Gasteiger partial charge in [0.2, 0.25) is 5.91 Å². The summed E-state index contributed by atoms with van der Waals surface area (Å²) in [6.45, 7) is 3.94. The number of anilines is 2. The Bertz CT molecular complexity index is 1080. The van der Waals surface area contributed by atoms with Gasteiger partial charge in [0.15, 0.2) is 0 Å². The molecule has 29 heavy (non-hydrogen) atoms. The molecule has 0 unspecified atom stereocenters. The molecule has 3 aromatic rings. The molecular formula is C24H22N2O2S. The topological polar surface area (TPSA) is 49.4 Å². The van der Waals surface area contributed by atoms with Crippen molar-refractivity contribution in [3.8, 4) is 0 Å². The number of hydrogen-bond donors (Lipinski definition) is 1. The molecule has 5 heteroatoms. The Morgan fingerprint density at radius 3 is 2.59 bits per heavy atom. The smallest absolute Gasteiger partial charge is 0.255 e. The lowest BCUT2D eigenvalue weighted by Crippen LogP contribution is -2.27. The number of amides is 2. The van der Waals surface area contributed by atoms with Crippen LogP contribution >= 0.6 is 11.8 Å². The van der Waals surface area contributed by atoms with Gasteiger partial charge in [-0.05, 0) is 60.9 Å². The summed E-state index contributed by atoms with van der Waals surface area (Å²) in [6.07, 6.45) is 0. The van der Waals surface area contributed by atoms with Gasteiger partial charge in [-0.25, -0.2) is 0 Å². The van der Waals surface area contributed by atoms with Crippen LogP contribution in [-0.2, 0) is 4.79 Å². The van der Waals surface area contributed by atoms with Crippen molar-refractivity contribution in [3.63, 3.8) is 0 Å². The number of benzene rings is 3. The van der Waals surface area contributed by atoms with Crippen LogP contribution in [0.2, 0.25) is 0 Å². The first-order valence-electron chi connectivity index (χ1n) is 9.50. The first-order chi connectivity index (χ1) is 14.0. The molecule has 1 atom stereocenters. The Balaban J connectivity index is 1.60. The molecule has 0 bridgehead atoms. The quantitative estimate of drug-likeness (QED) is 0.641. The first-order valence-corrected chi connectivity index (χ1v) is 10.5. The summed E-state index contributed by atoms with van der Waals surface area (Å²) in [5, 5.41) is 2.87. The van der Waals surface area contributed by atoms with Crippen LogP contribution in [0.1, 0.15) is 32.4 Å². The molecule has 1 heterocycles. The molecular weight excluding hydrogens is 380 g/mol. The Labute approximate surface area is 174 Å². The largest absolute Gasteiger partial charge is 0.322 e. The number of hydrogen-bond acceptors (Lipinski definition) is 3. The summed E-state index contributed by atoms with van der Waals surface area (Å²) in [6, 6.07) is 23.3. The van der Waals surface area contributed by atoms with Gasteiger partial charge >= 0.3 is 0 Å². The van der Waals surface area contributed by atoms with Crippen molar-refractivity contribution >= 4 is 35.0 Å². The third kappa shape index (κ3) is 4.05. The van der Waals surface area contributed by atoms with Crippen molar-refractivity contribution in [2.45, 2.75) is 19.2 Å². The Hall–Kier alpha value is -3.05. The van der Waals surface area contributed by atoms with Crippen molar-refractivity contribution in [1.82, 2.24) is 0 Å². The lowest BCUT2D eigenvalue weighted by molar-refractivity contribution is -0.115. The van der Waals surface area contributed by atoms with Gasteiger partial charge in [0.1, 0.15) is 5.37 Å². The Morgan fingerprint density at radius 1 is 1.00 bits per heavy atom. The lowest BCUT2D eigenvalue weighted by atomic mass is 10.1. The van der Waals surface area contributed by atoms with E-state index in [9.17, 15) is 9.59 Å². The van der Waals surface area contributed by atoms with Crippen LogP contribution < -0.4 is 10.2 Å². The van der Waals surface area contributed by atoms with Crippen LogP contribution in [-0.4, -0.2) is 17.6 Å². The minimum atomic E-state index is -0.133. The third-order valence-corrected chi connectivity index (χ3v) is 6.18. The molecule has 0 spiro atoms. The monoisotopic (exact) mass is 402 g/mol. The lowest BCUT2D eigenvalue weighted by Gasteiger charge is -2.25. The molecule has 1 saturated heterocycles. The van der Waals surface area contributed by atoms with Gasteiger partial charge in [-0.1, -0.05) is 42.5 Å². The van der Waals surface area contributed by atoms with Gasteiger partial charge in [-0.3, -0.25) is 14.5 Å². The minimum absolute atomic E-state index is 0.0972. The molecule has 4 nitrogen and oxygen atoms in total. The van der Waals surface area contributed by atoms with Crippen LogP contribution in [0, 0.1) is 13.8 Å². The molecule has 4 rings (SSSR count). The normalized spacial score (nSPS) is 16.1. The fraction of sp³-hybridized carbons (Fsp3) is 0.167. The Morgan fingerprint density at radius 2 is 1.79 bits per heavy atom. The number of rotatable bonds is 4. The zero-order chi connectivity index (χ0) is 20.4. The highest BCUT2D eigenvalue weighted by Gasteiger charge is 2.34.